The molecule has 0 saturated heterocycles. The van der Waals surface area contributed by atoms with Gasteiger partial charge in [-0.3, -0.25) is 4.79 Å². The molecule has 0 aliphatic carbocycles. The van der Waals surface area contributed by atoms with Gasteiger partial charge in [-0.15, -0.1) is 6.58 Å². The lowest BCUT2D eigenvalue weighted by atomic mass is 9.95. The molecule has 4 nitrogen and oxygen atoms in total. The van der Waals surface area contributed by atoms with E-state index in [9.17, 15) is 9.90 Å². The zero-order valence-electron chi connectivity index (χ0n) is 13.8. The molecule has 0 rings (SSSR count). The van der Waals surface area contributed by atoms with Crippen molar-refractivity contribution in [3.05, 3.63) is 12.7 Å². The number of ether oxygens (including phenoxy) is 2. The average molecular weight is 300 g/mol. The molecule has 4 heteroatoms. The number of carbonyl (C=O) groups is 1. The Hall–Kier alpha value is -0.870. The van der Waals surface area contributed by atoms with E-state index in [1.807, 2.05) is 19.9 Å². The van der Waals surface area contributed by atoms with Gasteiger partial charge in [0, 0.05) is 6.61 Å². The van der Waals surface area contributed by atoms with E-state index in [1.54, 1.807) is 6.92 Å². The Morgan fingerprint density at radius 1 is 1.19 bits per heavy atom. The Morgan fingerprint density at radius 3 is 2.38 bits per heavy atom. The second kappa shape index (κ2) is 12.8. The van der Waals surface area contributed by atoms with Gasteiger partial charge < -0.3 is 14.6 Å². The fraction of sp³-hybridized carbons (Fsp3) is 0.824. The number of rotatable bonds is 14. The van der Waals surface area contributed by atoms with Gasteiger partial charge in [-0.25, -0.2) is 0 Å². The smallest absolute Gasteiger partial charge is 0.309 e. The quantitative estimate of drug-likeness (QED) is 0.293. The van der Waals surface area contributed by atoms with Crippen LogP contribution < -0.4 is 0 Å². The van der Waals surface area contributed by atoms with Crippen LogP contribution in [0.2, 0.25) is 0 Å². The third-order valence-corrected chi connectivity index (χ3v) is 3.61. The molecule has 124 valence electrons. The van der Waals surface area contributed by atoms with Crippen LogP contribution in [-0.2, 0) is 14.3 Å². The lowest BCUT2D eigenvalue weighted by Crippen LogP contribution is -2.32. The zero-order valence-corrected chi connectivity index (χ0v) is 13.8. The Balaban J connectivity index is 3.95. The molecule has 3 atom stereocenters. The number of hydrogen-bond acceptors (Lipinski definition) is 3. The number of unbranched alkanes of at least 4 members (excludes halogenated alkanes) is 5. The summed E-state index contributed by atoms with van der Waals surface area (Å²) in [5, 5.41) is 9.33. The Morgan fingerprint density at radius 2 is 1.81 bits per heavy atom. The van der Waals surface area contributed by atoms with Crippen LogP contribution in [0.5, 0.6) is 0 Å². The SMILES string of the molecule is C=CCCCCCCCC(C(=O)O)C(C)OC(C)OCC. The molecule has 0 spiro atoms. The molecule has 0 fully saturated rings. The highest BCUT2D eigenvalue weighted by atomic mass is 16.7. The first-order valence-corrected chi connectivity index (χ1v) is 8.13. The van der Waals surface area contributed by atoms with Crippen LogP contribution in [0.3, 0.4) is 0 Å². The van der Waals surface area contributed by atoms with Gasteiger partial charge in [-0.05, 0) is 40.0 Å². The van der Waals surface area contributed by atoms with Crippen LogP contribution in [0.4, 0.5) is 0 Å². The molecule has 0 aromatic heterocycles. The minimum atomic E-state index is -0.780. The summed E-state index contributed by atoms with van der Waals surface area (Å²) in [6.07, 6.45) is 8.53. The second-order valence-corrected chi connectivity index (χ2v) is 5.44. The fourth-order valence-electron chi connectivity index (χ4n) is 2.41. The van der Waals surface area contributed by atoms with Crippen molar-refractivity contribution in [3.63, 3.8) is 0 Å². The molecule has 0 aromatic rings. The minimum Gasteiger partial charge on any atom is -0.481 e. The third-order valence-electron chi connectivity index (χ3n) is 3.61. The average Bonchev–Trinajstić information content (AvgIpc) is 2.41. The molecule has 3 unspecified atom stereocenters. The molecule has 1 N–H and O–H groups in total. The first-order chi connectivity index (χ1) is 10.0. The van der Waals surface area contributed by atoms with Crippen LogP contribution >= 0.6 is 0 Å². The summed E-state index contributed by atoms with van der Waals surface area (Å²) in [6.45, 7) is 9.79. The van der Waals surface area contributed by atoms with E-state index in [2.05, 4.69) is 6.58 Å². The molecule has 0 amide bonds. The van der Waals surface area contributed by atoms with Crippen LogP contribution in [0.15, 0.2) is 12.7 Å². The van der Waals surface area contributed by atoms with E-state index in [4.69, 9.17) is 9.47 Å². The van der Waals surface area contributed by atoms with E-state index in [-0.39, 0.29) is 12.4 Å². The molecule has 0 radical (unpaired) electrons. The molecule has 0 aliphatic rings. The van der Waals surface area contributed by atoms with Crippen molar-refractivity contribution in [2.45, 2.75) is 78.1 Å². The van der Waals surface area contributed by atoms with E-state index < -0.39 is 11.9 Å². The summed E-state index contributed by atoms with van der Waals surface area (Å²) in [6, 6.07) is 0. The standard InChI is InChI=1S/C17H32O4/c1-5-7-8-9-10-11-12-13-16(17(18)19)14(3)21-15(4)20-6-2/h5,14-16H,1,6-13H2,2-4H3,(H,18,19). The first-order valence-electron chi connectivity index (χ1n) is 8.13. The predicted molar refractivity (Wildman–Crippen MR) is 85.3 cm³/mol. The summed E-state index contributed by atoms with van der Waals surface area (Å²) < 4.78 is 10.9. The topological polar surface area (TPSA) is 55.8 Å². The summed E-state index contributed by atoms with van der Waals surface area (Å²) in [5.74, 6) is -1.24. The molecule has 0 heterocycles. The zero-order chi connectivity index (χ0) is 16.1. The van der Waals surface area contributed by atoms with Gasteiger partial charge in [-0.1, -0.05) is 31.8 Å². The fourth-order valence-corrected chi connectivity index (χ4v) is 2.41. The Bertz CT molecular complexity index is 278. The van der Waals surface area contributed by atoms with Gasteiger partial charge >= 0.3 is 5.97 Å². The highest BCUT2D eigenvalue weighted by molar-refractivity contribution is 5.70. The van der Waals surface area contributed by atoms with Crippen LogP contribution in [-0.4, -0.2) is 30.1 Å². The number of carboxylic acid groups (broad SMARTS) is 1. The van der Waals surface area contributed by atoms with E-state index >= 15 is 0 Å². The third kappa shape index (κ3) is 10.5. The molecule has 21 heavy (non-hydrogen) atoms. The Kier molecular flexibility index (Phi) is 12.3. The van der Waals surface area contributed by atoms with Crippen LogP contribution in [0.1, 0.15) is 65.7 Å². The van der Waals surface area contributed by atoms with Crippen molar-refractivity contribution < 1.29 is 19.4 Å². The highest BCUT2D eigenvalue weighted by Gasteiger charge is 2.26. The molecule has 0 aliphatic heterocycles. The Labute approximate surface area is 129 Å². The van der Waals surface area contributed by atoms with Crippen LogP contribution in [0, 0.1) is 5.92 Å². The normalized spacial score (nSPS) is 15.4. The monoisotopic (exact) mass is 300 g/mol. The highest BCUT2D eigenvalue weighted by Crippen LogP contribution is 2.19. The van der Waals surface area contributed by atoms with Crippen molar-refractivity contribution in [3.8, 4) is 0 Å². The van der Waals surface area contributed by atoms with E-state index in [0.717, 1.165) is 25.7 Å². The number of hydrogen-bond donors (Lipinski definition) is 1. The maximum Gasteiger partial charge on any atom is 0.309 e. The molecule has 0 bridgehead atoms. The second-order valence-electron chi connectivity index (χ2n) is 5.44. The van der Waals surface area contributed by atoms with Gasteiger partial charge in [-0.2, -0.15) is 0 Å². The summed E-state index contributed by atoms with van der Waals surface area (Å²) >= 11 is 0. The van der Waals surface area contributed by atoms with Gasteiger partial charge in [0.2, 0.25) is 0 Å². The molecule has 0 saturated carbocycles. The van der Waals surface area contributed by atoms with Crippen molar-refractivity contribution in [1.82, 2.24) is 0 Å². The minimum absolute atomic E-state index is 0.329. The summed E-state index contributed by atoms with van der Waals surface area (Å²) in [7, 11) is 0. The molecular weight excluding hydrogens is 268 g/mol. The maximum atomic E-state index is 11.4. The lowest BCUT2D eigenvalue weighted by molar-refractivity contribution is -0.176. The van der Waals surface area contributed by atoms with E-state index in [0.29, 0.717) is 13.0 Å². The van der Waals surface area contributed by atoms with Crippen molar-refractivity contribution in [2.24, 2.45) is 5.92 Å². The van der Waals surface area contributed by atoms with Crippen molar-refractivity contribution in [1.29, 1.82) is 0 Å². The molecular formula is C17H32O4. The number of aliphatic carboxylic acids is 1. The van der Waals surface area contributed by atoms with Gasteiger partial charge in [0.05, 0.1) is 12.0 Å². The predicted octanol–water partition coefficient (Wildman–Crippen LogP) is 4.39. The number of carboxylic acids is 1. The van der Waals surface area contributed by atoms with Gasteiger partial charge in [0.1, 0.15) is 0 Å². The molecule has 0 aromatic carbocycles. The maximum absolute atomic E-state index is 11.4. The lowest BCUT2D eigenvalue weighted by Gasteiger charge is -2.24. The van der Waals surface area contributed by atoms with Crippen LogP contribution in [0.25, 0.3) is 0 Å². The first kappa shape index (κ1) is 20.1. The van der Waals surface area contributed by atoms with E-state index in [1.165, 1.54) is 12.8 Å². The summed E-state index contributed by atoms with van der Waals surface area (Å²) in [5.41, 5.74) is 0. The number of allylic oxidation sites excluding steroid dienone is 1. The van der Waals surface area contributed by atoms with Crippen molar-refractivity contribution >= 4 is 5.97 Å². The van der Waals surface area contributed by atoms with Crippen molar-refractivity contribution in [2.75, 3.05) is 6.61 Å². The van der Waals surface area contributed by atoms with Gasteiger partial charge in [0.25, 0.3) is 0 Å². The largest absolute Gasteiger partial charge is 0.481 e. The summed E-state index contributed by atoms with van der Waals surface area (Å²) in [4.78, 5) is 11.4. The van der Waals surface area contributed by atoms with Gasteiger partial charge in [0.15, 0.2) is 6.29 Å².